The van der Waals surface area contributed by atoms with E-state index in [1.54, 1.807) is 17.0 Å². The molecule has 2 bridgehead atoms. The summed E-state index contributed by atoms with van der Waals surface area (Å²) in [6.07, 6.45) is 4.64. The normalized spacial score (nSPS) is 31.3. The first-order valence-electron chi connectivity index (χ1n) is 15.3. The van der Waals surface area contributed by atoms with E-state index in [4.69, 9.17) is 9.31 Å². The van der Waals surface area contributed by atoms with Crippen LogP contribution in [-0.4, -0.2) is 71.1 Å². The minimum Gasteiger partial charge on any atom is -0.508 e. The van der Waals surface area contributed by atoms with Crippen molar-refractivity contribution in [2.24, 2.45) is 23.2 Å². The number of carbonyl (C=O) groups excluding carboxylic acids is 3. The smallest absolute Gasteiger partial charge is 0.481 e. The SMILES string of the molecule is CC(=O)N[C@H](C(=O)N1CCC[C@H]1C(=O)N[C@@H](CCc1ccc(O)cc1)B1O[C@H]2C[C@@H]3C[C@@H](C3(C)C)[C@@]2(C)O1)C(C)C. The zero-order valence-electron chi connectivity index (χ0n) is 25.3. The van der Waals surface area contributed by atoms with Crippen LogP contribution in [0.5, 0.6) is 5.75 Å². The summed E-state index contributed by atoms with van der Waals surface area (Å²) in [5.41, 5.74) is 0.850. The molecule has 1 aromatic rings. The maximum Gasteiger partial charge on any atom is 0.481 e. The number of likely N-dealkylation sites (tertiary alicyclic amines) is 1. The molecule has 0 spiro atoms. The molecule has 0 aromatic heterocycles. The van der Waals surface area contributed by atoms with Gasteiger partial charge in [0.05, 0.1) is 17.6 Å². The molecule has 2 saturated heterocycles. The molecule has 10 heteroatoms. The molecular formula is C31H46BN3O6. The number of amides is 3. The van der Waals surface area contributed by atoms with E-state index in [-0.39, 0.29) is 40.9 Å². The Bertz CT molecular complexity index is 1160. The first-order chi connectivity index (χ1) is 19.3. The Kier molecular flexibility index (Phi) is 8.20. The lowest BCUT2D eigenvalue weighted by atomic mass is 9.43. The molecule has 2 aliphatic heterocycles. The molecule has 5 aliphatic rings. The quantitative estimate of drug-likeness (QED) is 0.395. The third kappa shape index (κ3) is 5.62. The summed E-state index contributed by atoms with van der Waals surface area (Å²) in [5.74, 6) is 0.0239. The third-order valence-corrected chi connectivity index (χ3v) is 10.4. The largest absolute Gasteiger partial charge is 0.508 e. The highest BCUT2D eigenvalue weighted by atomic mass is 16.7. The molecule has 3 amide bonds. The van der Waals surface area contributed by atoms with Crippen LogP contribution in [0.1, 0.15) is 79.2 Å². The summed E-state index contributed by atoms with van der Waals surface area (Å²) in [7, 11) is -0.588. The van der Waals surface area contributed by atoms with Crippen LogP contribution in [0.2, 0.25) is 0 Å². The van der Waals surface area contributed by atoms with Crippen molar-refractivity contribution in [3.63, 3.8) is 0 Å². The van der Waals surface area contributed by atoms with Gasteiger partial charge in [-0.25, -0.2) is 0 Å². The molecule has 1 aromatic carbocycles. The van der Waals surface area contributed by atoms with Crippen molar-refractivity contribution in [3.05, 3.63) is 29.8 Å². The molecule has 2 heterocycles. The van der Waals surface area contributed by atoms with Gasteiger partial charge in [-0.05, 0) is 86.3 Å². The number of nitrogens with zero attached hydrogens (tertiary/aromatic N) is 1. The number of hydrogen-bond acceptors (Lipinski definition) is 6. The highest BCUT2D eigenvalue weighted by Crippen LogP contribution is 2.65. The second-order valence-corrected chi connectivity index (χ2v) is 13.8. The van der Waals surface area contributed by atoms with Crippen LogP contribution in [-0.2, 0) is 30.1 Å². The third-order valence-electron chi connectivity index (χ3n) is 10.4. The zero-order chi connectivity index (χ0) is 29.7. The van der Waals surface area contributed by atoms with E-state index in [0.29, 0.717) is 37.6 Å². The van der Waals surface area contributed by atoms with E-state index >= 15 is 0 Å². The highest BCUT2D eigenvalue weighted by Gasteiger charge is 2.68. The predicted octanol–water partition coefficient (Wildman–Crippen LogP) is 3.23. The van der Waals surface area contributed by atoms with Crippen molar-refractivity contribution in [2.45, 2.75) is 110 Å². The van der Waals surface area contributed by atoms with Crippen LogP contribution in [0.25, 0.3) is 0 Å². The second-order valence-electron chi connectivity index (χ2n) is 13.8. The van der Waals surface area contributed by atoms with E-state index in [9.17, 15) is 19.5 Å². The van der Waals surface area contributed by atoms with Crippen molar-refractivity contribution in [3.8, 4) is 5.75 Å². The van der Waals surface area contributed by atoms with Crippen LogP contribution >= 0.6 is 0 Å². The molecule has 3 aliphatic carbocycles. The fourth-order valence-corrected chi connectivity index (χ4v) is 7.83. The lowest BCUT2D eigenvalue weighted by Crippen LogP contribution is -2.65. The zero-order valence-corrected chi connectivity index (χ0v) is 25.3. The first kappa shape index (κ1) is 29.9. The number of phenolic OH excluding ortho intramolecular Hbond substituents is 1. The van der Waals surface area contributed by atoms with Crippen molar-refractivity contribution >= 4 is 24.8 Å². The van der Waals surface area contributed by atoms with Crippen LogP contribution in [0.4, 0.5) is 0 Å². The Balaban J connectivity index is 1.33. The van der Waals surface area contributed by atoms with Gasteiger partial charge in [-0.2, -0.15) is 0 Å². The topological polar surface area (TPSA) is 117 Å². The first-order valence-corrected chi connectivity index (χ1v) is 15.3. The van der Waals surface area contributed by atoms with Gasteiger partial charge in [0.2, 0.25) is 17.7 Å². The van der Waals surface area contributed by atoms with Gasteiger partial charge in [-0.3, -0.25) is 14.4 Å². The molecule has 7 atom stereocenters. The molecule has 41 heavy (non-hydrogen) atoms. The van der Waals surface area contributed by atoms with Gasteiger partial charge in [0, 0.05) is 13.5 Å². The van der Waals surface area contributed by atoms with Gasteiger partial charge in [-0.1, -0.05) is 39.8 Å². The molecular weight excluding hydrogens is 521 g/mol. The van der Waals surface area contributed by atoms with Gasteiger partial charge in [0.15, 0.2) is 0 Å². The lowest BCUT2D eigenvalue weighted by molar-refractivity contribution is -0.199. The van der Waals surface area contributed by atoms with Gasteiger partial charge in [0.1, 0.15) is 17.8 Å². The van der Waals surface area contributed by atoms with Crippen molar-refractivity contribution in [1.29, 1.82) is 0 Å². The molecule has 3 saturated carbocycles. The Hall–Kier alpha value is -2.59. The molecule has 0 radical (unpaired) electrons. The Morgan fingerprint density at radius 2 is 1.83 bits per heavy atom. The van der Waals surface area contributed by atoms with Crippen LogP contribution in [0, 0.1) is 23.2 Å². The van der Waals surface area contributed by atoms with Crippen LogP contribution < -0.4 is 10.6 Å². The van der Waals surface area contributed by atoms with Crippen LogP contribution in [0.15, 0.2) is 24.3 Å². The molecule has 0 unspecified atom stereocenters. The van der Waals surface area contributed by atoms with E-state index in [2.05, 4.69) is 31.4 Å². The summed E-state index contributed by atoms with van der Waals surface area (Å²) < 4.78 is 13.3. The highest BCUT2D eigenvalue weighted by molar-refractivity contribution is 6.48. The van der Waals surface area contributed by atoms with Crippen molar-refractivity contribution in [2.75, 3.05) is 6.54 Å². The van der Waals surface area contributed by atoms with Gasteiger partial charge < -0.3 is 29.9 Å². The lowest BCUT2D eigenvalue weighted by Gasteiger charge is -2.64. The number of hydrogen-bond donors (Lipinski definition) is 3. The number of phenols is 1. The van der Waals surface area contributed by atoms with Crippen molar-refractivity contribution in [1.82, 2.24) is 15.5 Å². The number of aryl methyl sites for hydroxylation is 1. The average molecular weight is 568 g/mol. The maximum absolute atomic E-state index is 13.8. The Morgan fingerprint density at radius 1 is 1.12 bits per heavy atom. The van der Waals surface area contributed by atoms with Gasteiger partial charge in [0.25, 0.3) is 0 Å². The van der Waals surface area contributed by atoms with Gasteiger partial charge in [-0.15, -0.1) is 0 Å². The summed E-state index contributed by atoms with van der Waals surface area (Å²) >= 11 is 0. The maximum atomic E-state index is 13.8. The van der Waals surface area contributed by atoms with E-state index in [1.807, 2.05) is 26.0 Å². The van der Waals surface area contributed by atoms with E-state index in [1.165, 1.54) is 6.92 Å². The number of rotatable bonds is 9. The number of aromatic hydroxyl groups is 1. The number of benzene rings is 1. The standard InChI is InChI=1S/C31H46BN3O6/c1-18(2)27(33-19(3)36)29(39)35-15-7-8-23(35)28(38)34-26(14-11-20-9-12-22(37)13-10-20)32-40-25-17-21-16-24(30(21,4)5)31(25,6)41-32/h9-10,12-13,18,21,23-27,37H,7-8,11,14-17H2,1-6H3,(H,33,36)(H,34,38)/t21-,23-,24-,25-,26-,27-,31+/m0/s1. The van der Waals surface area contributed by atoms with E-state index in [0.717, 1.165) is 24.8 Å². The molecule has 5 fully saturated rings. The minimum atomic E-state index is -0.675. The predicted molar refractivity (Wildman–Crippen MR) is 156 cm³/mol. The fourth-order valence-electron chi connectivity index (χ4n) is 7.83. The summed E-state index contributed by atoms with van der Waals surface area (Å²) in [5, 5.41) is 15.7. The minimum absolute atomic E-state index is 0.00800. The summed E-state index contributed by atoms with van der Waals surface area (Å²) in [4.78, 5) is 40.7. The van der Waals surface area contributed by atoms with Crippen LogP contribution in [0.3, 0.4) is 0 Å². The monoisotopic (exact) mass is 567 g/mol. The molecule has 9 nitrogen and oxygen atoms in total. The summed E-state index contributed by atoms with van der Waals surface area (Å²) in [6, 6.07) is 5.81. The second kappa shape index (κ2) is 11.2. The molecule has 3 N–H and O–H groups in total. The number of nitrogens with one attached hydrogen (secondary N) is 2. The van der Waals surface area contributed by atoms with E-state index < -0.39 is 30.7 Å². The van der Waals surface area contributed by atoms with Crippen molar-refractivity contribution < 1.29 is 28.8 Å². The van der Waals surface area contributed by atoms with Gasteiger partial charge >= 0.3 is 7.12 Å². The summed E-state index contributed by atoms with van der Waals surface area (Å²) in [6.45, 7) is 12.5. The average Bonchev–Trinajstić information content (AvgIpc) is 3.54. The molecule has 6 rings (SSSR count). The Labute approximate surface area is 244 Å². The number of carbonyl (C=O) groups is 3. The Morgan fingerprint density at radius 3 is 2.46 bits per heavy atom. The molecule has 224 valence electrons. The fraction of sp³-hybridized carbons (Fsp3) is 0.710.